The van der Waals surface area contributed by atoms with Gasteiger partial charge in [-0.05, 0) is 34.4 Å². The van der Waals surface area contributed by atoms with Crippen LogP contribution in [0.15, 0.2) is 61.1 Å². The van der Waals surface area contributed by atoms with Crippen LogP contribution in [0.1, 0.15) is 0 Å². The van der Waals surface area contributed by atoms with Gasteiger partial charge in [0.05, 0.1) is 5.69 Å². The first-order valence-electron chi connectivity index (χ1n) is 6.19. The monoisotopic (exact) mass is 245 g/mol. The number of nitrogens with zero attached hydrogens (tertiary/aromatic N) is 2. The number of hydrogen-bond donors (Lipinski definition) is 1. The molecule has 0 aliphatic heterocycles. The number of hydrogen-bond acceptors (Lipinski definition) is 2. The first-order chi connectivity index (χ1) is 9.43. The molecule has 0 bridgehead atoms. The van der Waals surface area contributed by atoms with Crippen molar-refractivity contribution < 1.29 is 0 Å². The van der Waals surface area contributed by atoms with E-state index in [1.807, 2.05) is 18.5 Å². The minimum Gasteiger partial charge on any atom is -0.278 e. The van der Waals surface area contributed by atoms with E-state index in [9.17, 15) is 0 Å². The van der Waals surface area contributed by atoms with Gasteiger partial charge in [-0.1, -0.05) is 24.3 Å². The topological polar surface area (TPSA) is 41.6 Å². The van der Waals surface area contributed by atoms with Crippen LogP contribution >= 0.6 is 0 Å². The van der Waals surface area contributed by atoms with Crippen LogP contribution in [0.25, 0.3) is 32.8 Å². The number of aromatic amines is 1. The molecular formula is C16H11N3. The van der Waals surface area contributed by atoms with E-state index in [4.69, 9.17) is 0 Å². The zero-order chi connectivity index (χ0) is 12.7. The third-order valence-corrected chi connectivity index (χ3v) is 3.45. The summed E-state index contributed by atoms with van der Waals surface area (Å²) in [5.74, 6) is 0. The van der Waals surface area contributed by atoms with Crippen molar-refractivity contribution in [2.45, 2.75) is 0 Å². The van der Waals surface area contributed by atoms with E-state index < -0.39 is 0 Å². The Labute approximate surface area is 109 Å². The normalized spacial score (nSPS) is 11.2. The van der Waals surface area contributed by atoms with E-state index in [0.717, 1.165) is 11.3 Å². The van der Waals surface area contributed by atoms with E-state index in [2.05, 4.69) is 51.6 Å². The summed E-state index contributed by atoms with van der Waals surface area (Å²) in [7, 11) is 0. The van der Waals surface area contributed by atoms with E-state index >= 15 is 0 Å². The van der Waals surface area contributed by atoms with Crippen molar-refractivity contribution in [1.29, 1.82) is 0 Å². The van der Waals surface area contributed by atoms with Crippen LogP contribution in [0, 0.1) is 0 Å². The van der Waals surface area contributed by atoms with Crippen molar-refractivity contribution in [3.63, 3.8) is 0 Å². The number of pyridine rings is 1. The predicted octanol–water partition coefficient (Wildman–Crippen LogP) is 3.78. The molecular weight excluding hydrogens is 234 g/mol. The largest absolute Gasteiger partial charge is 0.278 e. The number of aromatic nitrogens is 3. The first kappa shape index (κ1) is 10.3. The molecule has 0 aliphatic rings. The van der Waals surface area contributed by atoms with Crippen molar-refractivity contribution in [1.82, 2.24) is 15.2 Å². The Hall–Kier alpha value is -2.68. The highest BCUT2D eigenvalue weighted by molar-refractivity contribution is 6.13. The lowest BCUT2D eigenvalue weighted by atomic mass is 9.97. The van der Waals surface area contributed by atoms with E-state index in [0.29, 0.717) is 0 Å². The summed E-state index contributed by atoms with van der Waals surface area (Å²) in [5.41, 5.74) is 2.19. The fourth-order valence-corrected chi connectivity index (χ4v) is 2.57. The molecule has 2 aromatic heterocycles. The van der Waals surface area contributed by atoms with Gasteiger partial charge in [-0.2, -0.15) is 5.10 Å². The van der Waals surface area contributed by atoms with Gasteiger partial charge in [0.15, 0.2) is 0 Å². The molecule has 2 aromatic carbocycles. The van der Waals surface area contributed by atoms with Crippen LogP contribution in [0.2, 0.25) is 0 Å². The van der Waals surface area contributed by atoms with Gasteiger partial charge in [0.2, 0.25) is 0 Å². The Morgan fingerprint density at radius 3 is 2.68 bits per heavy atom. The summed E-state index contributed by atoms with van der Waals surface area (Å²) in [5, 5.41) is 11.9. The third kappa shape index (κ3) is 1.52. The number of H-pyrrole nitrogens is 1. The maximum atomic E-state index is 4.26. The van der Waals surface area contributed by atoms with Crippen molar-refractivity contribution in [3.8, 4) is 11.3 Å². The average molecular weight is 245 g/mol. The highest BCUT2D eigenvalue weighted by Crippen LogP contribution is 2.33. The number of fused-ring (bicyclic) bond motifs is 3. The fraction of sp³-hybridized carbons (Fsp3) is 0. The first-order valence-corrected chi connectivity index (χ1v) is 6.19. The quantitative estimate of drug-likeness (QED) is 0.518. The Kier molecular flexibility index (Phi) is 2.12. The Morgan fingerprint density at radius 1 is 0.842 bits per heavy atom. The third-order valence-electron chi connectivity index (χ3n) is 3.45. The molecule has 3 nitrogen and oxygen atoms in total. The molecule has 0 aliphatic carbocycles. The molecule has 0 saturated heterocycles. The summed E-state index contributed by atoms with van der Waals surface area (Å²) in [6.45, 7) is 0. The Balaban J connectivity index is 2.22. The second-order valence-electron chi connectivity index (χ2n) is 4.54. The molecule has 0 fully saturated rings. The average Bonchev–Trinajstić information content (AvgIpc) is 3.00. The van der Waals surface area contributed by atoms with Crippen LogP contribution in [0.3, 0.4) is 0 Å². The summed E-state index contributed by atoms with van der Waals surface area (Å²) in [4.78, 5) is 4.26. The molecule has 0 amide bonds. The Morgan fingerprint density at radius 2 is 1.79 bits per heavy atom. The zero-order valence-corrected chi connectivity index (χ0v) is 10.2. The lowest BCUT2D eigenvalue weighted by Crippen LogP contribution is -1.85. The van der Waals surface area contributed by atoms with Crippen LogP contribution < -0.4 is 0 Å². The van der Waals surface area contributed by atoms with Gasteiger partial charge >= 0.3 is 0 Å². The van der Waals surface area contributed by atoms with Gasteiger partial charge in [-0.3, -0.25) is 10.1 Å². The molecule has 4 rings (SSSR count). The molecule has 4 aromatic rings. The molecule has 90 valence electrons. The molecule has 0 spiro atoms. The maximum absolute atomic E-state index is 4.26. The lowest BCUT2D eigenvalue weighted by Gasteiger charge is -2.08. The molecule has 3 heteroatoms. The van der Waals surface area contributed by atoms with Crippen molar-refractivity contribution in [2.75, 3.05) is 0 Å². The van der Waals surface area contributed by atoms with E-state index in [1.165, 1.54) is 21.5 Å². The number of benzene rings is 2. The molecule has 2 heterocycles. The second-order valence-corrected chi connectivity index (χ2v) is 4.54. The minimum atomic E-state index is 1.03. The molecule has 0 atom stereocenters. The molecule has 19 heavy (non-hydrogen) atoms. The van der Waals surface area contributed by atoms with Crippen molar-refractivity contribution >= 4 is 21.5 Å². The minimum absolute atomic E-state index is 1.03. The predicted molar refractivity (Wildman–Crippen MR) is 76.8 cm³/mol. The smallest absolute Gasteiger partial charge is 0.0656 e. The summed E-state index contributed by atoms with van der Waals surface area (Å²) in [6, 6.07) is 14.6. The van der Waals surface area contributed by atoms with Crippen LogP contribution in [0.5, 0.6) is 0 Å². The van der Waals surface area contributed by atoms with Gasteiger partial charge < -0.3 is 0 Å². The number of nitrogens with one attached hydrogen (secondary N) is 1. The molecule has 1 N–H and O–H groups in total. The second kappa shape index (κ2) is 3.92. The zero-order valence-electron chi connectivity index (χ0n) is 10.2. The SMILES string of the molecule is c1ccc2c(c1)cc(-c1ccn[nH]1)c1ccncc12. The van der Waals surface area contributed by atoms with E-state index in [-0.39, 0.29) is 0 Å². The Bertz CT molecular complexity index is 864. The van der Waals surface area contributed by atoms with Gasteiger partial charge in [0, 0.05) is 29.5 Å². The van der Waals surface area contributed by atoms with Gasteiger partial charge in [0.1, 0.15) is 0 Å². The van der Waals surface area contributed by atoms with Crippen LogP contribution in [-0.2, 0) is 0 Å². The van der Waals surface area contributed by atoms with E-state index in [1.54, 1.807) is 6.20 Å². The van der Waals surface area contributed by atoms with Crippen LogP contribution in [0.4, 0.5) is 0 Å². The standard InChI is InChI=1S/C16H11N3/c1-2-4-12-11(3-1)9-14(16-6-8-18-19-16)13-5-7-17-10-15(12)13/h1-10H,(H,18,19). The molecule has 0 radical (unpaired) electrons. The van der Waals surface area contributed by atoms with Gasteiger partial charge in [-0.25, -0.2) is 0 Å². The lowest BCUT2D eigenvalue weighted by molar-refractivity contribution is 1.10. The maximum Gasteiger partial charge on any atom is 0.0656 e. The summed E-state index contributed by atoms with van der Waals surface area (Å²) < 4.78 is 0. The highest BCUT2D eigenvalue weighted by Gasteiger charge is 2.08. The van der Waals surface area contributed by atoms with Crippen molar-refractivity contribution in [3.05, 3.63) is 61.1 Å². The highest BCUT2D eigenvalue weighted by atomic mass is 15.1. The fourth-order valence-electron chi connectivity index (χ4n) is 2.57. The molecule has 0 unspecified atom stereocenters. The summed E-state index contributed by atoms with van der Waals surface area (Å²) in [6.07, 6.45) is 5.53. The van der Waals surface area contributed by atoms with Crippen molar-refractivity contribution in [2.24, 2.45) is 0 Å². The van der Waals surface area contributed by atoms with Gasteiger partial charge in [-0.15, -0.1) is 0 Å². The van der Waals surface area contributed by atoms with Crippen LogP contribution in [-0.4, -0.2) is 15.2 Å². The number of rotatable bonds is 1. The summed E-state index contributed by atoms with van der Waals surface area (Å²) >= 11 is 0. The molecule has 0 saturated carbocycles. The van der Waals surface area contributed by atoms with Gasteiger partial charge in [0.25, 0.3) is 0 Å².